The van der Waals surface area contributed by atoms with Gasteiger partial charge in [-0.3, -0.25) is 0 Å². The van der Waals surface area contributed by atoms with Crippen LogP contribution in [0.15, 0.2) is 126 Å². The Morgan fingerprint density at radius 1 is 0.585 bits per heavy atom. The van der Waals surface area contributed by atoms with Crippen LogP contribution in [-0.4, -0.2) is 45.0 Å². The topological polar surface area (TPSA) is 124 Å². The number of azo groups is 2. The van der Waals surface area contributed by atoms with Gasteiger partial charge < -0.3 is 9.80 Å². The summed E-state index contributed by atoms with van der Waals surface area (Å²) < 4.78 is 53.5. The van der Waals surface area contributed by atoms with Gasteiger partial charge in [0.15, 0.2) is 0 Å². The molecule has 0 radical (unpaired) electrons. The lowest BCUT2D eigenvalue weighted by Crippen LogP contribution is -2.15. The Kier molecular flexibility index (Phi) is 8.86. The lowest BCUT2D eigenvalue weighted by atomic mass is 10.2. The number of hydrogen-bond donors (Lipinski definition) is 0. The Morgan fingerprint density at radius 2 is 1.17 bits per heavy atom. The zero-order valence-electron chi connectivity index (χ0n) is 22.7. The summed E-state index contributed by atoms with van der Waals surface area (Å²) in [5.41, 5.74) is 2.41. The molecule has 0 amide bonds. The van der Waals surface area contributed by atoms with Crippen LogP contribution in [0, 0.1) is 0 Å². The van der Waals surface area contributed by atoms with Gasteiger partial charge in [-0.2, -0.15) is 15.3 Å². The highest BCUT2D eigenvalue weighted by Gasteiger charge is 2.32. The number of sulfone groups is 1. The van der Waals surface area contributed by atoms with Gasteiger partial charge in [0.2, 0.25) is 9.84 Å². The molecule has 0 aliphatic carbocycles. The maximum absolute atomic E-state index is 14.3. The van der Waals surface area contributed by atoms with E-state index in [4.69, 9.17) is 10.7 Å². The van der Waals surface area contributed by atoms with E-state index in [0.29, 0.717) is 11.4 Å². The first kappa shape index (κ1) is 29.8. The van der Waals surface area contributed by atoms with Crippen LogP contribution in [-0.2, 0) is 18.9 Å². The van der Waals surface area contributed by atoms with E-state index in [2.05, 4.69) is 20.5 Å². The first-order valence-electron chi connectivity index (χ1n) is 12.2. The second-order valence-electron chi connectivity index (χ2n) is 9.24. The second-order valence-corrected chi connectivity index (χ2v) is 13.6. The van der Waals surface area contributed by atoms with Crippen LogP contribution in [0.5, 0.6) is 0 Å². The average Bonchev–Trinajstić information content (AvgIpc) is 2.94. The van der Waals surface area contributed by atoms with Crippen molar-refractivity contribution in [2.75, 3.05) is 38.0 Å². The summed E-state index contributed by atoms with van der Waals surface area (Å²) in [5.74, 6) is 0. The van der Waals surface area contributed by atoms with Gasteiger partial charge in [-0.05, 0) is 66.7 Å². The van der Waals surface area contributed by atoms with Gasteiger partial charge in [0, 0.05) is 44.6 Å². The molecule has 0 heterocycles. The number of anilines is 2. The van der Waals surface area contributed by atoms with Gasteiger partial charge in [0.05, 0.1) is 27.6 Å². The minimum Gasteiger partial charge on any atom is -0.378 e. The summed E-state index contributed by atoms with van der Waals surface area (Å²) in [6.45, 7) is 0. The Balaban J connectivity index is 1.87. The smallest absolute Gasteiger partial charge is 0.262 e. The van der Waals surface area contributed by atoms with Crippen molar-refractivity contribution in [3.8, 4) is 0 Å². The molecule has 0 atom stereocenters. The van der Waals surface area contributed by atoms with Gasteiger partial charge in [-0.25, -0.2) is 16.8 Å². The van der Waals surface area contributed by atoms with E-state index in [-0.39, 0.29) is 22.0 Å². The van der Waals surface area contributed by atoms with E-state index in [9.17, 15) is 16.8 Å². The van der Waals surface area contributed by atoms with Crippen molar-refractivity contribution in [3.63, 3.8) is 0 Å². The van der Waals surface area contributed by atoms with Crippen molar-refractivity contribution in [2.45, 2.75) is 14.7 Å². The van der Waals surface area contributed by atoms with Crippen molar-refractivity contribution < 1.29 is 16.8 Å². The zero-order valence-corrected chi connectivity index (χ0v) is 25.1. The molecular formula is C28H27ClN6O4S2. The highest BCUT2D eigenvalue weighted by molar-refractivity contribution is 8.14. The molecule has 41 heavy (non-hydrogen) atoms. The highest BCUT2D eigenvalue weighted by atomic mass is 35.7. The third-order valence-corrected chi connectivity index (χ3v) is 9.26. The average molecular weight is 611 g/mol. The van der Waals surface area contributed by atoms with Crippen LogP contribution < -0.4 is 9.80 Å². The minimum atomic E-state index is -4.55. The van der Waals surface area contributed by atoms with E-state index in [1.54, 1.807) is 67.5 Å². The van der Waals surface area contributed by atoms with Crippen LogP contribution in [0.4, 0.5) is 34.1 Å². The van der Waals surface area contributed by atoms with Crippen molar-refractivity contribution in [1.82, 2.24) is 0 Å². The van der Waals surface area contributed by atoms with E-state index < -0.39 is 28.7 Å². The molecular weight excluding hydrogens is 584 g/mol. The summed E-state index contributed by atoms with van der Waals surface area (Å²) in [7, 11) is 3.83. The molecule has 4 aromatic carbocycles. The van der Waals surface area contributed by atoms with E-state index in [1.165, 1.54) is 12.1 Å². The molecule has 0 spiro atoms. The monoisotopic (exact) mass is 610 g/mol. The van der Waals surface area contributed by atoms with Crippen LogP contribution in [0.25, 0.3) is 0 Å². The third kappa shape index (κ3) is 6.96. The van der Waals surface area contributed by atoms with Crippen molar-refractivity contribution >= 4 is 63.7 Å². The van der Waals surface area contributed by atoms with Crippen molar-refractivity contribution in [2.24, 2.45) is 20.5 Å². The molecule has 0 bridgehead atoms. The Bertz CT molecular complexity index is 1830. The van der Waals surface area contributed by atoms with Gasteiger partial charge in [0.1, 0.15) is 15.5 Å². The second kappa shape index (κ2) is 12.2. The highest BCUT2D eigenvalue weighted by Crippen LogP contribution is 2.41. The quantitative estimate of drug-likeness (QED) is 0.143. The number of rotatable bonds is 9. The SMILES string of the molecule is CN(C)c1ccc(N=Nc2ccc(S(=O)(=O)Cl)c(S(=O)(=O)c3c(N=Nc4ccccc4)cccc3N(C)C)c2)cc1. The molecule has 4 rings (SSSR count). The fourth-order valence-electron chi connectivity index (χ4n) is 3.84. The number of benzene rings is 4. The van der Waals surface area contributed by atoms with E-state index in [0.717, 1.165) is 17.8 Å². The summed E-state index contributed by atoms with van der Waals surface area (Å²) in [6, 6.07) is 24.3. The third-order valence-electron chi connectivity index (χ3n) is 5.88. The number of nitrogens with zero attached hydrogens (tertiary/aromatic N) is 6. The molecule has 0 aliphatic rings. The van der Waals surface area contributed by atoms with Crippen LogP contribution in [0.3, 0.4) is 0 Å². The molecule has 4 aromatic rings. The Hall–Kier alpha value is -4.13. The van der Waals surface area contributed by atoms with Crippen molar-refractivity contribution in [3.05, 3.63) is 91.0 Å². The minimum absolute atomic E-state index is 0.0194. The lowest BCUT2D eigenvalue weighted by Gasteiger charge is -2.19. The van der Waals surface area contributed by atoms with Gasteiger partial charge in [-0.15, -0.1) is 5.11 Å². The maximum Gasteiger partial charge on any atom is 0.262 e. The fourth-order valence-corrected chi connectivity index (χ4v) is 7.31. The van der Waals surface area contributed by atoms with E-state index >= 15 is 0 Å². The fraction of sp³-hybridized carbons (Fsp3) is 0.143. The lowest BCUT2D eigenvalue weighted by molar-refractivity contribution is 0.588. The first-order chi connectivity index (χ1) is 19.4. The number of halogens is 1. The summed E-state index contributed by atoms with van der Waals surface area (Å²) >= 11 is 0. The van der Waals surface area contributed by atoms with Crippen LogP contribution >= 0.6 is 10.7 Å². The molecule has 0 fully saturated rings. The van der Waals surface area contributed by atoms with Crippen molar-refractivity contribution in [1.29, 1.82) is 0 Å². The summed E-state index contributed by atoms with van der Waals surface area (Å²) in [4.78, 5) is 2.14. The van der Waals surface area contributed by atoms with Crippen LogP contribution in [0.2, 0.25) is 0 Å². The molecule has 0 aromatic heterocycles. The first-order valence-corrected chi connectivity index (χ1v) is 16.0. The normalized spacial score (nSPS) is 12.2. The molecule has 0 N–H and O–H groups in total. The summed E-state index contributed by atoms with van der Waals surface area (Å²) in [5, 5.41) is 16.7. The molecule has 10 nitrogen and oxygen atoms in total. The molecule has 0 saturated heterocycles. The predicted octanol–water partition coefficient (Wildman–Crippen LogP) is 7.41. The van der Waals surface area contributed by atoms with Gasteiger partial charge >= 0.3 is 0 Å². The standard InChI is InChI=1S/C28H27ClN6O4S2/c1-34(2)23-16-13-21(14-17-23)30-32-22-15-18-26(41(29,38)39)27(19-22)40(36,37)28-24(11-8-12-25(28)35(3)4)33-31-20-9-6-5-7-10-20/h5-19H,1-4H3. The zero-order chi connectivity index (χ0) is 29.8. The molecule has 0 aliphatic heterocycles. The maximum atomic E-state index is 14.3. The summed E-state index contributed by atoms with van der Waals surface area (Å²) in [6.07, 6.45) is 0. The number of hydrogen-bond acceptors (Lipinski definition) is 10. The Morgan fingerprint density at radius 3 is 1.78 bits per heavy atom. The van der Waals surface area contributed by atoms with E-state index in [1.807, 2.05) is 37.2 Å². The Labute approximate surface area is 244 Å². The van der Waals surface area contributed by atoms with Gasteiger partial charge in [0.25, 0.3) is 9.05 Å². The molecule has 0 unspecified atom stereocenters. The van der Waals surface area contributed by atoms with Crippen LogP contribution in [0.1, 0.15) is 0 Å². The molecule has 13 heteroatoms. The largest absolute Gasteiger partial charge is 0.378 e. The molecule has 0 saturated carbocycles. The predicted molar refractivity (Wildman–Crippen MR) is 161 cm³/mol. The van der Waals surface area contributed by atoms with Gasteiger partial charge in [-0.1, -0.05) is 24.3 Å². The molecule has 212 valence electrons.